The zero-order chi connectivity index (χ0) is 16.0. The number of ether oxygens (including phenoxy) is 1. The predicted octanol–water partition coefficient (Wildman–Crippen LogP) is 1.40. The molecule has 1 aromatic rings. The summed E-state index contributed by atoms with van der Waals surface area (Å²) >= 11 is 0. The molecule has 1 saturated heterocycles. The molecular formula is C15H21F3N2O2. The number of halogens is 3. The van der Waals surface area contributed by atoms with Crippen molar-refractivity contribution in [3.05, 3.63) is 35.9 Å². The largest absolute Gasteiger partial charge is 0.406 e. The molecule has 1 aliphatic heterocycles. The van der Waals surface area contributed by atoms with Crippen LogP contribution in [0.3, 0.4) is 0 Å². The van der Waals surface area contributed by atoms with Crippen LogP contribution in [0.2, 0.25) is 0 Å². The molecule has 2 N–H and O–H groups in total. The van der Waals surface area contributed by atoms with E-state index >= 15 is 0 Å². The van der Waals surface area contributed by atoms with Gasteiger partial charge in [-0.15, -0.1) is 0 Å². The Bertz CT molecular complexity index is 436. The number of hydrogen-bond acceptors (Lipinski definition) is 4. The summed E-state index contributed by atoms with van der Waals surface area (Å²) in [6.07, 6.45) is -6.01. The molecule has 1 heterocycles. The summed E-state index contributed by atoms with van der Waals surface area (Å²) in [7, 11) is 0. The molecule has 0 saturated carbocycles. The summed E-state index contributed by atoms with van der Waals surface area (Å²) in [5.74, 6) is 0. The molecule has 0 radical (unpaired) electrons. The van der Waals surface area contributed by atoms with Crippen LogP contribution in [0.1, 0.15) is 5.56 Å². The Morgan fingerprint density at radius 2 is 1.82 bits per heavy atom. The van der Waals surface area contributed by atoms with Crippen LogP contribution >= 0.6 is 0 Å². The van der Waals surface area contributed by atoms with Crippen molar-refractivity contribution < 1.29 is 23.0 Å². The van der Waals surface area contributed by atoms with Gasteiger partial charge in [-0.3, -0.25) is 10.2 Å². The quantitative estimate of drug-likeness (QED) is 0.832. The average Bonchev–Trinajstić information content (AvgIpc) is 2.48. The van der Waals surface area contributed by atoms with Crippen molar-refractivity contribution in [3.63, 3.8) is 0 Å². The average molecular weight is 318 g/mol. The van der Waals surface area contributed by atoms with Crippen LogP contribution in [0.4, 0.5) is 13.2 Å². The standard InChI is InChI=1S/C15H21F3N2O2/c16-15(17,18)14(19-10-12-4-2-1-3-5-12)13(21)11-20-6-8-22-9-7-20/h1-5,13-14,19,21H,6-11H2. The van der Waals surface area contributed by atoms with E-state index in [-0.39, 0.29) is 13.1 Å². The number of hydrogen-bond donors (Lipinski definition) is 2. The molecular weight excluding hydrogens is 297 g/mol. The van der Waals surface area contributed by atoms with Gasteiger partial charge in [0.05, 0.1) is 19.3 Å². The maximum atomic E-state index is 13.2. The molecule has 2 unspecified atom stereocenters. The molecule has 0 bridgehead atoms. The Morgan fingerprint density at radius 1 is 1.18 bits per heavy atom. The number of nitrogens with zero attached hydrogens (tertiary/aromatic N) is 1. The molecule has 4 nitrogen and oxygen atoms in total. The van der Waals surface area contributed by atoms with Gasteiger partial charge in [-0.2, -0.15) is 13.2 Å². The monoisotopic (exact) mass is 318 g/mol. The van der Waals surface area contributed by atoms with E-state index in [0.29, 0.717) is 26.3 Å². The highest BCUT2D eigenvalue weighted by Crippen LogP contribution is 2.23. The molecule has 0 amide bonds. The van der Waals surface area contributed by atoms with E-state index in [9.17, 15) is 18.3 Å². The van der Waals surface area contributed by atoms with Crippen molar-refractivity contribution in [2.45, 2.75) is 24.9 Å². The molecule has 0 aromatic heterocycles. The second-order valence-electron chi connectivity index (χ2n) is 5.37. The number of aliphatic hydroxyl groups is 1. The van der Waals surface area contributed by atoms with Crippen molar-refractivity contribution in [3.8, 4) is 0 Å². The first-order chi connectivity index (χ1) is 10.5. The SMILES string of the molecule is OC(CN1CCOCC1)C(NCc1ccccc1)C(F)(F)F. The van der Waals surface area contributed by atoms with E-state index in [1.54, 1.807) is 35.2 Å². The third-order valence-corrected chi connectivity index (χ3v) is 3.66. The molecule has 124 valence electrons. The molecule has 2 atom stereocenters. The van der Waals surface area contributed by atoms with E-state index in [1.807, 2.05) is 0 Å². The predicted molar refractivity (Wildman–Crippen MR) is 76.4 cm³/mol. The van der Waals surface area contributed by atoms with Crippen LogP contribution in [0, 0.1) is 0 Å². The number of benzene rings is 1. The summed E-state index contributed by atoms with van der Waals surface area (Å²) in [5.41, 5.74) is 0.746. The third-order valence-electron chi connectivity index (χ3n) is 3.66. The minimum absolute atomic E-state index is 0.0185. The Labute approximate surface area is 127 Å². The topological polar surface area (TPSA) is 44.7 Å². The lowest BCUT2D eigenvalue weighted by Gasteiger charge is -2.32. The lowest BCUT2D eigenvalue weighted by Crippen LogP contribution is -2.55. The zero-order valence-electron chi connectivity index (χ0n) is 12.2. The van der Waals surface area contributed by atoms with Gasteiger partial charge in [0.15, 0.2) is 0 Å². The first kappa shape index (κ1) is 17.2. The number of morpholine rings is 1. The van der Waals surface area contributed by atoms with Gasteiger partial charge in [0.2, 0.25) is 0 Å². The van der Waals surface area contributed by atoms with Gasteiger partial charge in [-0.1, -0.05) is 30.3 Å². The molecule has 1 fully saturated rings. The Hall–Kier alpha value is -1.15. The van der Waals surface area contributed by atoms with Crippen LogP contribution in [0.5, 0.6) is 0 Å². The first-order valence-electron chi connectivity index (χ1n) is 7.29. The Kier molecular flexibility index (Phi) is 6.19. The van der Waals surface area contributed by atoms with Gasteiger partial charge in [0.1, 0.15) is 6.04 Å². The van der Waals surface area contributed by atoms with E-state index in [2.05, 4.69) is 5.32 Å². The normalized spacial score (nSPS) is 19.8. The van der Waals surface area contributed by atoms with Gasteiger partial charge in [-0.05, 0) is 5.56 Å². The van der Waals surface area contributed by atoms with Crippen molar-refractivity contribution in [1.82, 2.24) is 10.2 Å². The summed E-state index contributed by atoms with van der Waals surface area (Å²) in [4.78, 5) is 1.79. The number of nitrogens with one attached hydrogen (secondary N) is 1. The van der Waals surface area contributed by atoms with Gasteiger partial charge < -0.3 is 9.84 Å². The second-order valence-corrected chi connectivity index (χ2v) is 5.37. The van der Waals surface area contributed by atoms with E-state index in [4.69, 9.17) is 4.74 Å². The van der Waals surface area contributed by atoms with Gasteiger partial charge in [-0.25, -0.2) is 0 Å². The number of β-amino-alcohol motifs (C(OH)–C–C–N with tert-alkyl or cyclic N) is 1. The number of rotatable bonds is 6. The van der Waals surface area contributed by atoms with E-state index in [0.717, 1.165) is 5.56 Å². The molecule has 0 spiro atoms. The first-order valence-corrected chi connectivity index (χ1v) is 7.29. The van der Waals surface area contributed by atoms with Crippen LogP contribution < -0.4 is 5.32 Å². The lowest BCUT2D eigenvalue weighted by molar-refractivity contribution is -0.181. The second kappa shape index (κ2) is 7.92. The highest BCUT2D eigenvalue weighted by Gasteiger charge is 2.44. The van der Waals surface area contributed by atoms with E-state index < -0.39 is 18.3 Å². The summed E-state index contributed by atoms with van der Waals surface area (Å²) in [5, 5.41) is 12.4. The minimum Gasteiger partial charge on any atom is -0.390 e. The molecule has 2 rings (SSSR count). The maximum Gasteiger partial charge on any atom is 0.406 e. The highest BCUT2D eigenvalue weighted by atomic mass is 19.4. The Morgan fingerprint density at radius 3 is 2.41 bits per heavy atom. The highest BCUT2D eigenvalue weighted by molar-refractivity contribution is 5.14. The Balaban J connectivity index is 1.93. The fourth-order valence-electron chi connectivity index (χ4n) is 2.45. The van der Waals surface area contributed by atoms with Crippen molar-refractivity contribution in [2.24, 2.45) is 0 Å². The van der Waals surface area contributed by atoms with Crippen molar-refractivity contribution in [1.29, 1.82) is 0 Å². The third kappa shape index (κ3) is 5.24. The minimum atomic E-state index is -4.50. The van der Waals surface area contributed by atoms with Crippen molar-refractivity contribution >= 4 is 0 Å². The van der Waals surface area contributed by atoms with Crippen LogP contribution in [-0.2, 0) is 11.3 Å². The van der Waals surface area contributed by atoms with Crippen molar-refractivity contribution in [2.75, 3.05) is 32.8 Å². The van der Waals surface area contributed by atoms with Crippen LogP contribution in [0.15, 0.2) is 30.3 Å². The smallest absolute Gasteiger partial charge is 0.390 e. The molecule has 0 aliphatic carbocycles. The van der Waals surface area contributed by atoms with Crippen LogP contribution in [-0.4, -0.2) is 61.2 Å². The summed E-state index contributed by atoms with van der Waals surface area (Å²) < 4.78 is 44.6. The number of aliphatic hydroxyl groups excluding tert-OH is 1. The van der Waals surface area contributed by atoms with Gasteiger partial charge in [0.25, 0.3) is 0 Å². The number of alkyl halides is 3. The lowest BCUT2D eigenvalue weighted by atomic mass is 10.1. The fourth-order valence-corrected chi connectivity index (χ4v) is 2.45. The van der Waals surface area contributed by atoms with E-state index in [1.165, 1.54) is 0 Å². The van der Waals surface area contributed by atoms with Crippen LogP contribution in [0.25, 0.3) is 0 Å². The molecule has 22 heavy (non-hydrogen) atoms. The zero-order valence-corrected chi connectivity index (χ0v) is 12.2. The van der Waals surface area contributed by atoms with Gasteiger partial charge >= 0.3 is 6.18 Å². The van der Waals surface area contributed by atoms with Gasteiger partial charge in [0, 0.05) is 26.2 Å². The molecule has 1 aliphatic rings. The molecule has 1 aromatic carbocycles. The fraction of sp³-hybridized carbons (Fsp3) is 0.600. The summed E-state index contributed by atoms with van der Waals surface area (Å²) in [6.45, 7) is 2.10. The molecule has 7 heteroatoms. The maximum absolute atomic E-state index is 13.2. The summed E-state index contributed by atoms with van der Waals surface area (Å²) in [6, 6.07) is 6.88.